The number of anilines is 1. The van der Waals surface area contributed by atoms with Crippen molar-refractivity contribution in [2.45, 2.75) is 37.5 Å². The van der Waals surface area contributed by atoms with Gasteiger partial charge in [-0.1, -0.05) is 24.4 Å². The molecule has 0 unspecified atom stereocenters. The largest absolute Gasteiger partial charge is 0.364 e. The number of amides is 2. The number of sulfonamides is 1. The first-order chi connectivity index (χ1) is 13.7. The minimum atomic E-state index is -3.84. The Morgan fingerprint density at radius 1 is 1.21 bits per heavy atom. The number of aryl methyl sites for hydroxylation is 1. The van der Waals surface area contributed by atoms with Crippen LogP contribution in [0.5, 0.6) is 0 Å². The number of H-pyrrole nitrogens is 1. The van der Waals surface area contributed by atoms with Crippen LogP contribution in [0.2, 0.25) is 5.02 Å². The zero-order valence-corrected chi connectivity index (χ0v) is 17.4. The van der Waals surface area contributed by atoms with Crippen LogP contribution in [0, 0.1) is 6.92 Å². The molecule has 0 atom stereocenters. The van der Waals surface area contributed by atoms with Crippen LogP contribution < -0.4 is 11.1 Å². The van der Waals surface area contributed by atoms with E-state index in [0.29, 0.717) is 18.8 Å². The number of nitrogens with two attached hydrogens (primary N) is 1. The number of aromatic nitrogens is 2. The number of carbonyl (C=O) groups excluding carboxylic acids is 2. The lowest BCUT2D eigenvalue weighted by atomic mass is 10.2. The predicted octanol–water partition coefficient (Wildman–Crippen LogP) is 2.29. The number of halogens is 1. The Kier molecular flexibility index (Phi) is 6.25. The third-order valence-corrected chi connectivity index (χ3v) is 7.18. The second-order valence-corrected chi connectivity index (χ2v) is 9.17. The third kappa shape index (κ3) is 4.44. The summed E-state index contributed by atoms with van der Waals surface area (Å²) < 4.78 is 27.6. The molecule has 1 saturated heterocycles. The van der Waals surface area contributed by atoms with Crippen LogP contribution in [0.1, 0.15) is 52.2 Å². The first-order valence-electron chi connectivity index (χ1n) is 9.17. The average Bonchev–Trinajstić information content (AvgIpc) is 2.87. The normalized spacial score (nSPS) is 15.7. The van der Waals surface area contributed by atoms with Crippen molar-refractivity contribution in [3.05, 3.63) is 40.2 Å². The van der Waals surface area contributed by atoms with Crippen molar-refractivity contribution in [1.29, 1.82) is 0 Å². The molecule has 9 nitrogen and oxygen atoms in total. The molecule has 1 aromatic carbocycles. The zero-order valence-electron chi connectivity index (χ0n) is 15.9. The van der Waals surface area contributed by atoms with Crippen molar-refractivity contribution < 1.29 is 18.0 Å². The molecule has 0 aliphatic carbocycles. The van der Waals surface area contributed by atoms with Gasteiger partial charge in [0.2, 0.25) is 10.0 Å². The quantitative estimate of drug-likeness (QED) is 0.655. The van der Waals surface area contributed by atoms with Gasteiger partial charge in [-0.15, -0.1) is 0 Å². The minimum absolute atomic E-state index is 0.0445. The summed E-state index contributed by atoms with van der Waals surface area (Å²) in [5.41, 5.74) is 5.83. The summed E-state index contributed by atoms with van der Waals surface area (Å²) in [4.78, 5) is 24.1. The second kappa shape index (κ2) is 8.52. The Labute approximate surface area is 173 Å². The van der Waals surface area contributed by atoms with Crippen molar-refractivity contribution in [3.63, 3.8) is 0 Å². The van der Waals surface area contributed by atoms with E-state index in [9.17, 15) is 18.0 Å². The third-order valence-electron chi connectivity index (χ3n) is 4.80. The van der Waals surface area contributed by atoms with E-state index in [1.807, 2.05) is 0 Å². The molecule has 0 bridgehead atoms. The van der Waals surface area contributed by atoms with Gasteiger partial charge in [0.1, 0.15) is 4.90 Å². The van der Waals surface area contributed by atoms with Crippen molar-refractivity contribution in [3.8, 4) is 0 Å². The van der Waals surface area contributed by atoms with Gasteiger partial charge in [-0.25, -0.2) is 8.42 Å². The van der Waals surface area contributed by atoms with Crippen LogP contribution in [0.15, 0.2) is 23.1 Å². The van der Waals surface area contributed by atoms with E-state index in [1.54, 1.807) is 6.92 Å². The van der Waals surface area contributed by atoms with Crippen LogP contribution in [-0.2, 0) is 10.0 Å². The molecule has 1 fully saturated rings. The Balaban J connectivity index is 1.92. The van der Waals surface area contributed by atoms with Gasteiger partial charge < -0.3 is 11.1 Å². The number of aromatic amines is 1. The average molecular weight is 440 g/mol. The van der Waals surface area contributed by atoms with E-state index in [4.69, 9.17) is 17.3 Å². The molecule has 4 N–H and O–H groups in total. The van der Waals surface area contributed by atoms with E-state index >= 15 is 0 Å². The molecule has 1 aliphatic heterocycles. The molecule has 1 aliphatic rings. The summed E-state index contributed by atoms with van der Waals surface area (Å²) in [5.74, 6) is -1.41. The number of benzene rings is 1. The van der Waals surface area contributed by atoms with Gasteiger partial charge >= 0.3 is 0 Å². The molecular formula is C18H22ClN5O4S. The Hall–Kier alpha value is -2.43. The van der Waals surface area contributed by atoms with Gasteiger partial charge in [-0.05, 0) is 38.0 Å². The maximum absolute atomic E-state index is 13.1. The predicted molar refractivity (Wildman–Crippen MR) is 108 cm³/mol. The summed E-state index contributed by atoms with van der Waals surface area (Å²) in [5, 5.41) is 8.95. The van der Waals surface area contributed by atoms with Gasteiger partial charge in [-0.3, -0.25) is 14.7 Å². The summed E-state index contributed by atoms with van der Waals surface area (Å²) in [6, 6.07) is 4.04. The molecular weight excluding hydrogens is 418 g/mol. The van der Waals surface area contributed by atoms with Gasteiger partial charge in [0, 0.05) is 18.7 Å². The number of hydrogen-bond donors (Lipinski definition) is 3. The highest BCUT2D eigenvalue weighted by molar-refractivity contribution is 7.89. The lowest BCUT2D eigenvalue weighted by molar-refractivity contribution is 0.0996. The molecule has 156 valence electrons. The van der Waals surface area contributed by atoms with E-state index < -0.39 is 21.8 Å². The fourth-order valence-electron chi connectivity index (χ4n) is 3.21. The molecule has 0 spiro atoms. The van der Waals surface area contributed by atoms with Crippen LogP contribution in [0.3, 0.4) is 0 Å². The standard InChI is InChI=1S/C18H22ClN5O4S/c1-11-15(16(17(20)25)23-22-11)21-18(26)12-6-7-13(19)14(10-12)29(27,28)24-8-4-2-3-5-9-24/h6-7,10H,2-5,8-9H2,1H3,(H2,20,25)(H,21,26)(H,22,23). The lowest BCUT2D eigenvalue weighted by Crippen LogP contribution is -2.32. The molecule has 11 heteroatoms. The monoisotopic (exact) mass is 439 g/mol. The molecule has 3 rings (SSSR count). The molecule has 2 amide bonds. The molecule has 1 aromatic heterocycles. The van der Waals surface area contributed by atoms with Crippen LogP contribution in [-0.4, -0.2) is 47.8 Å². The Morgan fingerprint density at radius 2 is 1.86 bits per heavy atom. The number of primary amides is 1. The molecule has 2 aromatic rings. The highest BCUT2D eigenvalue weighted by atomic mass is 35.5. The summed E-state index contributed by atoms with van der Waals surface area (Å²) >= 11 is 6.17. The lowest BCUT2D eigenvalue weighted by Gasteiger charge is -2.21. The van der Waals surface area contributed by atoms with Crippen molar-refractivity contribution >= 4 is 39.1 Å². The van der Waals surface area contributed by atoms with Crippen molar-refractivity contribution in [2.75, 3.05) is 18.4 Å². The van der Waals surface area contributed by atoms with Crippen molar-refractivity contribution in [1.82, 2.24) is 14.5 Å². The fraction of sp³-hybridized carbons (Fsp3) is 0.389. The molecule has 0 radical (unpaired) electrons. The number of nitrogens with zero attached hydrogens (tertiary/aromatic N) is 2. The number of nitrogens with one attached hydrogen (secondary N) is 2. The Morgan fingerprint density at radius 3 is 2.48 bits per heavy atom. The van der Waals surface area contributed by atoms with Gasteiger partial charge in [0.25, 0.3) is 11.8 Å². The van der Waals surface area contributed by atoms with E-state index in [2.05, 4.69) is 15.5 Å². The van der Waals surface area contributed by atoms with Crippen LogP contribution >= 0.6 is 11.6 Å². The summed E-state index contributed by atoms with van der Waals surface area (Å²) in [7, 11) is -3.84. The van der Waals surface area contributed by atoms with Crippen LogP contribution in [0.25, 0.3) is 0 Å². The first kappa shape index (κ1) is 21.3. The van der Waals surface area contributed by atoms with E-state index in [-0.39, 0.29) is 26.9 Å². The SMILES string of the molecule is Cc1[nH]nc(C(N)=O)c1NC(=O)c1ccc(Cl)c(S(=O)(=O)N2CCCCCC2)c1. The van der Waals surface area contributed by atoms with E-state index in [1.165, 1.54) is 22.5 Å². The topological polar surface area (TPSA) is 138 Å². The second-order valence-electron chi connectivity index (χ2n) is 6.85. The van der Waals surface area contributed by atoms with Gasteiger partial charge in [0.15, 0.2) is 5.69 Å². The van der Waals surface area contributed by atoms with Gasteiger partial charge in [0.05, 0.1) is 16.4 Å². The zero-order chi connectivity index (χ0) is 21.2. The van der Waals surface area contributed by atoms with Gasteiger partial charge in [-0.2, -0.15) is 9.40 Å². The molecule has 2 heterocycles. The minimum Gasteiger partial charge on any atom is -0.364 e. The highest BCUT2D eigenvalue weighted by Gasteiger charge is 2.28. The number of rotatable bonds is 5. The first-order valence-corrected chi connectivity index (χ1v) is 11.0. The summed E-state index contributed by atoms with van der Waals surface area (Å²) in [6.07, 6.45) is 3.53. The smallest absolute Gasteiger partial charge is 0.271 e. The van der Waals surface area contributed by atoms with Crippen LogP contribution in [0.4, 0.5) is 5.69 Å². The summed E-state index contributed by atoms with van der Waals surface area (Å²) in [6.45, 7) is 2.46. The maximum Gasteiger partial charge on any atom is 0.271 e. The highest BCUT2D eigenvalue weighted by Crippen LogP contribution is 2.28. The fourth-order valence-corrected chi connectivity index (χ4v) is 5.23. The van der Waals surface area contributed by atoms with Crippen molar-refractivity contribution in [2.24, 2.45) is 5.73 Å². The number of carbonyl (C=O) groups is 2. The maximum atomic E-state index is 13.1. The molecule has 0 saturated carbocycles. The van der Waals surface area contributed by atoms with E-state index in [0.717, 1.165) is 25.7 Å². The molecule has 29 heavy (non-hydrogen) atoms. The Bertz CT molecular complexity index is 1040. The number of hydrogen-bond acceptors (Lipinski definition) is 5.